The van der Waals surface area contributed by atoms with Crippen molar-refractivity contribution in [3.8, 4) is 0 Å². The molecule has 1 aromatic carbocycles. The molecule has 0 aliphatic carbocycles. The highest BCUT2D eigenvalue weighted by Gasteiger charge is 2.18. The Labute approximate surface area is 118 Å². The van der Waals surface area contributed by atoms with Crippen molar-refractivity contribution in [1.29, 1.82) is 0 Å². The van der Waals surface area contributed by atoms with Crippen molar-refractivity contribution in [1.82, 2.24) is 0 Å². The lowest BCUT2D eigenvalue weighted by Crippen LogP contribution is -2.08. The Morgan fingerprint density at radius 3 is 2.57 bits per heavy atom. The normalized spacial score (nSPS) is 12.0. The number of carbonyl (C=O) groups excluding carboxylic acids is 1. The van der Waals surface area contributed by atoms with Gasteiger partial charge in [0.2, 0.25) is 5.76 Å². The maximum Gasteiger partial charge on any atom is 0.373 e. The molecule has 1 atom stereocenters. The first kappa shape index (κ1) is 15.0. The summed E-state index contributed by atoms with van der Waals surface area (Å²) in [7, 11) is 1.21. The molecule has 1 unspecified atom stereocenters. The maximum absolute atomic E-state index is 13.5. The van der Waals surface area contributed by atoms with Crippen molar-refractivity contribution in [2.75, 3.05) is 12.4 Å². The van der Waals surface area contributed by atoms with Gasteiger partial charge in [0.15, 0.2) is 17.5 Å². The highest BCUT2D eigenvalue weighted by Crippen LogP contribution is 2.25. The smallest absolute Gasteiger partial charge is 0.373 e. The molecule has 0 radical (unpaired) electrons. The first-order chi connectivity index (χ1) is 9.93. The minimum Gasteiger partial charge on any atom is -0.463 e. The fourth-order valence-corrected chi connectivity index (χ4v) is 1.74. The molecule has 21 heavy (non-hydrogen) atoms. The number of methoxy groups -OCH3 is 1. The number of carbonyl (C=O) groups is 1. The minimum atomic E-state index is -1.55. The van der Waals surface area contributed by atoms with Gasteiger partial charge in [0.05, 0.1) is 18.8 Å². The molecule has 0 spiro atoms. The Hall–Kier alpha value is -2.44. The van der Waals surface area contributed by atoms with Gasteiger partial charge in [-0.15, -0.1) is 0 Å². The summed E-state index contributed by atoms with van der Waals surface area (Å²) in [6, 6.07) is 4.23. The van der Waals surface area contributed by atoms with Crippen molar-refractivity contribution in [2.45, 2.75) is 13.0 Å². The molecule has 0 amide bonds. The van der Waals surface area contributed by atoms with E-state index in [1.54, 1.807) is 6.92 Å². The van der Waals surface area contributed by atoms with E-state index < -0.39 is 29.5 Å². The van der Waals surface area contributed by atoms with Gasteiger partial charge in [0, 0.05) is 0 Å². The van der Waals surface area contributed by atoms with Crippen molar-refractivity contribution >= 4 is 11.7 Å². The van der Waals surface area contributed by atoms with Crippen molar-refractivity contribution < 1.29 is 27.1 Å². The average molecular weight is 299 g/mol. The number of esters is 1. The van der Waals surface area contributed by atoms with Crippen LogP contribution in [0.2, 0.25) is 0 Å². The summed E-state index contributed by atoms with van der Waals surface area (Å²) in [6.45, 7) is 1.61. The topological polar surface area (TPSA) is 51.5 Å². The first-order valence-electron chi connectivity index (χ1n) is 6.02. The Balaban J connectivity index is 2.18. The van der Waals surface area contributed by atoms with E-state index in [2.05, 4.69) is 10.1 Å². The van der Waals surface area contributed by atoms with Crippen LogP contribution in [0.25, 0.3) is 0 Å². The lowest BCUT2D eigenvalue weighted by Gasteiger charge is -2.14. The summed E-state index contributed by atoms with van der Waals surface area (Å²) in [5.74, 6) is -4.47. The number of anilines is 1. The molecule has 4 nitrogen and oxygen atoms in total. The van der Waals surface area contributed by atoms with Crippen LogP contribution in [0, 0.1) is 17.5 Å². The van der Waals surface area contributed by atoms with E-state index in [0.717, 1.165) is 12.1 Å². The van der Waals surface area contributed by atoms with E-state index >= 15 is 0 Å². The maximum atomic E-state index is 13.5. The van der Waals surface area contributed by atoms with Crippen LogP contribution in [0.5, 0.6) is 0 Å². The van der Waals surface area contributed by atoms with Gasteiger partial charge >= 0.3 is 5.97 Å². The van der Waals surface area contributed by atoms with E-state index in [1.807, 2.05) is 0 Å². The third kappa shape index (κ3) is 3.01. The number of rotatable bonds is 4. The Kier molecular flexibility index (Phi) is 4.21. The number of hydrogen-bond donors (Lipinski definition) is 1. The molecule has 112 valence electrons. The molecule has 0 aliphatic heterocycles. The molecule has 2 aromatic rings. The van der Waals surface area contributed by atoms with Gasteiger partial charge in [-0.1, -0.05) is 0 Å². The molecule has 0 aliphatic rings. The van der Waals surface area contributed by atoms with Gasteiger partial charge < -0.3 is 14.5 Å². The Bertz CT molecular complexity index is 669. The number of halogens is 3. The second-order valence-corrected chi connectivity index (χ2v) is 4.28. The largest absolute Gasteiger partial charge is 0.463 e. The summed E-state index contributed by atoms with van der Waals surface area (Å²) in [6.07, 6.45) is 0. The quantitative estimate of drug-likeness (QED) is 0.691. The lowest BCUT2D eigenvalue weighted by atomic mass is 10.2. The van der Waals surface area contributed by atoms with Crippen LogP contribution in [0.15, 0.2) is 28.7 Å². The van der Waals surface area contributed by atoms with Crippen LogP contribution < -0.4 is 5.32 Å². The van der Waals surface area contributed by atoms with Gasteiger partial charge in [-0.3, -0.25) is 0 Å². The van der Waals surface area contributed by atoms with Crippen LogP contribution >= 0.6 is 0 Å². The van der Waals surface area contributed by atoms with Gasteiger partial charge in [0.1, 0.15) is 5.76 Å². The van der Waals surface area contributed by atoms with E-state index in [4.69, 9.17) is 4.42 Å². The third-order valence-corrected chi connectivity index (χ3v) is 2.85. The van der Waals surface area contributed by atoms with Crippen molar-refractivity contribution in [2.24, 2.45) is 0 Å². The Morgan fingerprint density at radius 2 is 1.90 bits per heavy atom. The summed E-state index contributed by atoms with van der Waals surface area (Å²) in [5.41, 5.74) is -0.211. The van der Waals surface area contributed by atoms with Crippen LogP contribution in [0.3, 0.4) is 0 Å². The standard InChI is InChI=1S/C14H12F3NO3/c1-7(10-5-6-11(21-10)14(19)20-2)18-9-4-3-8(15)12(16)13(9)17/h3-7,18H,1-2H3. The molecular formula is C14H12F3NO3. The van der Waals surface area contributed by atoms with Crippen LogP contribution in [-0.2, 0) is 4.74 Å². The molecule has 0 fully saturated rings. The average Bonchev–Trinajstić information content (AvgIpc) is 2.97. The molecule has 0 saturated heterocycles. The Morgan fingerprint density at radius 1 is 1.19 bits per heavy atom. The SMILES string of the molecule is COC(=O)c1ccc(C(C)Nc2ccc(F)c(F)c2F)o1. The van der Waals surface area contributed by atoms with Gasteiger partial charge in [-0.05, 0) is 31.2 Å². The van der Waals surface area contributed by atoms with E-state index in [1.165, 1.54) is 19.2 Å². The van der Waals surface area contributed by atoms with Gasteiger partial charge in [-0.25, -0.2) is 18.0 Å². The zero-order valence-corrected chi connectivity index (χ0v) is 11.2. The lowest BCUT2D eigenvalue weighted by molar-refractivity contribution is 0.0562. The summed E-state index contributed by atoms with van der Waals surface area (Å²) in [4.78, 5) is 11.3. The molecular weight excluding hydrogens is 287 g/mol. The van der Waals surface area contributed by atoms with E-state index in [-0.39, 0.29) is 11.4 Å². The zero-order valence-electron chi connectivity index (χ0n) is 11.2. The summed E-state index contributed by atoms with van der Waals surface area (Å²) < 4.78 is 49.2. The molecule has 7 heteroatoms. The molecule has 0 saturated carbocycles. The third-order valence-electron chi connectivity index (χ3n) is 2.85. The van der Waals surface area contributed by atoms with Crippen molar-refractivity contribution in [3.05, 3.63) is 53.2 Å². The number of furan rings is 1. The van der Waals surface area contributed by atoms with Gasteiger partial charge in [0.25, 0.3) is 0 Å². The molecule has 1 N–H and O–H groups in total. The van der Waals surface area contributed by atoms with Crippen LogP contribution in [0.1, 0.15) is 29.3 Å². The minimum absolute atomic E-state index is 0.00749. The number of nitrogens with one attached hydrogen (secondary N) is 1. The predicted molar refractivity (Wildman–Crippen MR) is 68.4 cm³/mol. The highest BCUT2D eigenvalue weighted by molar-refractivity contribution is 5.86. The van der Waals surface area contributed by atoms with E-state index in [9.17, 15) is 18.0 Å². The van der Waals surface area contributed by atoms with Crippen LogP contribution in [-0.4, -0.2) is 13.1 Å². The predicted octanol–water partition coefficient (Wildman–Crippen LogP) is 3.66. The fraction of sp³-hybridized carbons (Fsp3) is 0.214. The molecule has 1 heterocycles. The van der Waals surface area contributed by atoms with Gasteiger partial charge in [-0.2, -0.15) is 0 Å². The number of benzene rings is 1. The van der Waals surface area contributed by atoms with Crippen LogP contribution in [0.4, 0.5) is 18.9 Å². The summed E-state index contributed by atoms with van der Waals surface area (Å²) >= 11 is 0. The number of ether oxygens (including phenoxy) is 1. The summed E-state index contributed by atoms with van der Waals surface area (Å²) in [5, 5.41) is 2.64. The highest BCUT2D eigenvalue weighted by atomic mass is 19.2. The second-order valence-electron chi connectivity index (χ2n) is 4.28. The van der Waals surface area contributed by atoms with E-state index in [0.29, 0.717) is 5.76 Å². The molecule has 1 aromatic heterocycles. The number of hydrogen-bond acceptors (Lipinski definition) is 4. The fourth-order valence-electron chi connectivity index (χ4n) is 1.74. The molecule has 0 bridgehead atoms. The molecule has 2 rings (SSSR count). The first-order valence-corrected chi connectivity index (χ1v) is 6.02. The monoisotopic (exact) mass is 299 g/mol. The zero-order chi connectivity index (χ0) is 15.6. The van der Waals surface area contributed by atoms with Crippen molar-refractivity contribution in [3.63, 3.8) is 0 Å². The second kappa shape index (κ2) is 5.90.